The smallest absolute Gasteiger partial charge is 0.309 e. The summed E-state index contributed by atoms with van der Waals surface area (Å²) in [6.07, 6.45) is 2.13. The molecular weight excluding hydrogens is 337 g/mol. The topological polar surface area (TPSA) is 66.8 Å². The van der Waals surface area contributed by atoms with Crippen molar-refractivity contribution in [1.29, 1.82) is 0 Å². The van der Waals surface area contributed by atoms with E-state index in [-0.39, 0.29) is 36.1 Å². The summed E-state index contributed by atoms with van der Waals surface area (Å²) in [5.74, 6) is -1.44. The normalized spacial score (nSPS) is 25.2. The first-order chi connectivity index (χ1) is 12.5. The van der Waals surface area contributed by atoms with Gasteiger partial charge in [0.15, 0.2) is 0 Å². The van der Waals surface area contributed by atoms with E-state index in [1.54, 1.807) is 18.2 Å². The van der Waals surface area contributed by atoms with Crippen LogP contribution in [0.3, 0.4) is 0 Å². The quantitative estimate of drug-likeness (QED) is 0.873. The van der Waals surface area contributed by atoms with Crippen LogP contribution in [-0.4, -0.2) is 47.7 Å². The first-order valence-corrected chi connectivity index (χ1v) is 9.34. The number of hydrogen-bond acceptors (Lipinski definition) is 3. The second kappa shape index (κ2) is 8.16. The fourth-order valence-electron chi connectivity index (χ4n) is 4.19. The van der Waals surface area contributed by atoms with Gasteiger partial charge in [-0.05, 0) is 42.7 Å². The minimum Gasteiger partial charge on any atom is -0.481 e. The molecule has 1 N–H and O–H groups in total. The van der Waals surface area contributed by atoms with Crippen LogP contribution < -0.4 is 0 Å². The van der Waals surface area contributed by atoms with Crippen molar-refractivity contribution < 1.29 is 23.8 Å². The molecule has 0 saturated carbocycles. The summed E-state index contributed by atoms with van der Waals surface area (Å²) in [5, 5.41) is 9.31. The third kappa shape index (κ3) is 4.06. The maximum absolute atomic E-state index is 13.9. The molecule has 1 aromatic rings. The van der Waals surface area contributed by atoms with Crippen LogP contribution in [0.15, 0.2) is 24.3 Å². The lowest BCUT2D eigenvalue weighted by Crippen LogP contribution is -2.43. The van der Waals surface area contributed by atoms with Gasteiger partial charge < -0.3 is 14.7 Å². The maximum atomic E-state index is 13.9. The van der Waals surface area contributed by atoms with E-state index in [1.807, 2.05) is 11.8 Å². The fraction of sp³-hybridized carbons (Fsp3) is 0.600. The molecule has 2 heterocycles. The van der Waals surface area contributed by atoms with Crippen LogP contribution in [0, 0.1) is 17.7 Å². The number of carbonyl (C=O) groups excluding carboxylic acids is 1. The number of rotatable bonds is 5. The van der Waals surface area contributed by atoms with Crippen LogP contribution in [0.5, 0.6) is 0 Å². The van der Waals surface area contributed by atoms with Crippen LogP contribution in [0.25, 0.3) is 0 Å². The zero-order valence-corrected chi connectivity index (χ0v) is 15.1. The lowest BCUT2D eigenvalue weighted by atomic mass is 9.84. The summed E-state index contributed by atoms with van der Waals surface area (Å²) in [7, 11) is 0. The first-order valence-electron chi connectivity index (χ1n) is 9.34. The van der Waals surface area contributed by atoms with Gasteiger partial charge in [-0.1, -0.05) is 25.1 Å². The van der Waals surface area contributed by atoms with Crippen molar-refractivity contribution in [3.8, 4) is 0 Å². The van der Waals surface area contributed by atoms with Crippen molar-refractivity contribution in [1.82, 2.24) is 4.90 Å². The summed E-state index contributed by atoms with van der Waals surface area (Å²) >= 11 is 0. The Morgan fingerprint density at radius 2 is 1.96 bits per heavy atom. The Bertz CT molecular complexity index is 657. The van der Waals surface area contributed by atoms with Gasteiger partial charge in [-0.15, -0.1) is 0 Å². The zero-order chi connectivity index (χ0) is 18.7. The number of nitrogens with zero attached hydrogens (tertiary/aromatic N) is 1. The van der Waals surface area contributed by atoms with Crippen molar-refractivity contribution in [2.75, 3.05) is 19.7 Å². The van der Waals surface area contributed by atoms with Crippen molar-refractivity contribution in [2.24, 2.45) is 11.8 Å². The van der Waals surface area contributed by atoms with Gasteiger partial charge in [0.05, 0.1) is 12.0 Å². The van der Waals surface area contributed by atoms with Crippen molar-refractivity contribution in [3.63, 3.8) is 0 Å². The predicted molar refractivity (Wildman–Crippen MR) is 94.2 cm³/mol. The lowest BCUT2D eigenvalue weighted by molar-refractivity contribution is -0.146. The van der Waals surface area contributed by atoms with Crippen LogP contribution in [0.2, 0.25) is 0 Å². The van der Waals surface area contributed by atoms with Gasteiger partial charge in [0, 0.05) is 26.1 Å². The number of hydrogen-bond donors (Lipinski definition) is 1. The molecule has 0 aliphatic carbocycles. The van der Waals surface area contributed by atoms with E-state index in [4.69, 9.17) is 4.74 Å². The highest BCUT2D eigenvalue weighted by Gasteiger charge is 2.40. The highest BCUT2D eigenvalue weighted by molar-refractivity contribution is 5.77. The molecule has 0 spiro atoms. The molecular formula is C20H26FNO4. The number of carbonyl (C=O) groups is 2. The molecule has 5 nitrogen and oxygen atoms in total. The Labute approximate surface area is 153 Å². The molecule has 1 aromatic carbocycles. The van der Waals surface area contributed by atoms with E-state index in [1.165, 1.54) is 6.07 Å². The molecule has 2 aliphatic rings. The second-order valence-corrected chi connectivity index (χ2v) is 7.41. The summed E-state index contributed by atoms with van der Waals surface area (Å²) < 4.78 is 19.5. The highest BCUT2D eigenvalue weighted by atomic mass is 19.1. The molecule has 2 unspecified atom stereocenters. The molecule has 1 amide bonds. The standard InChI is InChI=1S/C20H26FNO4/c1-13(15-4-2-3-5-17(15)21)12-18(23)22-9-6-14(7-10-22)19-16(20(24)25)8-11-26-19/h2-5,13-14,16,19H,6-12H2,1H3,(H,24,25)/t13?,16?,19-/m0/s1. The van der Waals surface area contributed by atoms with E-state index in [2.05, 4.69) is 0 Å². The average Bonchev–Trinajstić information content (AvgIpc) is 3.12. The molecule has 6 heteroatoms. The van der Waals surface area contributed by atoms with E-state index in [0.29, 0.717) is 31.7 Å². The third-order valence-corrected chi connectivity index (χ3v) is 5.73. The molecule has 2 saturated heterocycles. The summed E-state index contributed by atoms with van der Waals surface area (Å²) in [5.41, 5.74) is 0.569. The van der Waals surface area contributed by atoms with Gasteiger partial charge in [-0.2, -0.15) is 0 Å². The summed E-state index contributed by atoms with van der Waals surface area (Å²) in [6, 6.07) is 6.57. The van der Waals surface area contributed by atoms with Gasteiger partial charge in [0.2, 0.25) is 5.91 Å². The molecule has 0 bridgehead atoms. The van der Waals surface area contributed by atoms with Gasteiger partial charge in [0.25, 0.3) is 0 Å². The van der Waals surface area contributed by atoms with E-state index >= 15 is 0 Å². The number of benzene rings is 1. The monoisotopic (exact) mass is 363 g/mol. The number of halogens is 1. The van der Waals surface area contributed by atoms with E-state index in [0.717, 1.165) is 12.8 Å². The number of carboxylic acids is 1. The SMILES string of the molecule is CC(CC(=O)N1CCC([C@@H]2OCCC2C(=O)O)CC1)c1ccccc1F. The maximum Gasteiger partial charge on any atom is 0.309 e. The first kappa shape index (κ1) is 18.8. The van der Waals surface area contributed by atoms with Crippen LogP contribution >= 0.6 is 0 Å². The average molecular weight is 363 g/mol. The Hall–Kier alpha value is -1.95. The van der Waals surface area contributed by atoms with Gasteiger partial charge in [-0.25, -0.2) is 4.39 Å². The van der Waals surface area contributed by atoms with Crippen LogP contribution in [0.4, 0.5) is 4.39 Å². The van der Waals surface area contributed by atoms with E-state index in [9.17, 15) is 19.1 Å². The van der Waals surface area contributed by atoms with Gasteiger partial charge >= 0.3 is 5.97 Å². The zero-order valence-electron chi connectivity index (χ0n) is 15.1. The number of ether oxygens (including phenoxy) is 1. The minimum atomic E-state index is -0.787. The summed E-state index contributed by atoms with van der Waals surface area (Å²) in [6.45, 7) is 3.59. The molecule has 0 aromatic heterocycles. The lowest BCUT2D eigenvalue weighted by Gasteiger charge is -2.36. The number of aliphatic carboxylic acids is 1. The van der Waals surface area contributed by atoms with Crippen molar-refractivity contribution >= 4 is 11.9 Å². The van der Waals surface area contributed by atoms with Crippen molar-refractivity contribution in [2.45, 2.75) is 44.6 Å². The summed E-state index contributed by atoms with van der Waals surface area (Å²) in [4.78, 5) is 25.7. The largest absolute Gasteiger partial charge is 0.481 e. The molecule has 26 heavy (non-hydrogen) atoms. The predicted octanol–water partition coefficient (Wildman–Crippen LogP) is 3.05. The Kier molecular flexibility index (Phi) is 5.91. The fourth-order valence-corrected chi connectivity index (χ4v) is 4.19. The highest BCUT2D eigenvalue weighted by Crippen LogP contribution is 2.33. The molecule has 2 aliphatic heterocycles. The third-order valence-electron chi connectivity index (χ3n) is 5.73. The number of carboxylic acid groups (broad SMARTS) is 1. The molecule has 3 atom stereocenters. The molecule has 3 rings (SSSR count). The van der Waals surface area contributed by atoms with E-state index < -0.39 is 11.9 Å². The van der Waals surface area contributed by atoms with Crippen molar-refractivity contribution in [3.05, 3.63) is 35.6 Å². The Balaban J connectivity index is 1.52. The number of likely N-dealkylation sites (tertiary alicyclic amines) is 1. The minimum absolute atomic E-state index is 0.0290. The number of piperidine rings is 1. The molecule has 142 valence electrons. The Morgan fingerprint density at radius 1 is 1.27 bits per heavy atom. The molecule has 0 radical (unpaired) electrons. The Morgan fingerprint density at radius 3 is 2.62 bits per heavy atom. The van der Waals surface area contributed by atoms with Gasteiger partial charge in [-0.3, -0.25) is 9.59 Å². The van der Waals surface area contributed by atoms with Crippen LogP contribution in [0.1, 0.15) is 44.1 Å². The van der Waals surface area contributed by atoms with Gasteiger partial charge in [0.1, 0.15) is 5.82 Å². The number of amides is 1. The molecule has 2 fully saturated rings. The second-order valence-electron chi connectivity index (χ2n) is 7.41. The van der Waals surface area contributed by atoms with Crippen LogP contribution in [-0.2, 0) is 14.3 Å².